The van der Waals surface area contributed by atoms with Crippen LogP contribution in [0.4, 0.5) is 11.4 Å². The highest BCUT2D eigenvalue weighted by Gasteiger charge is 2.20. The van der Waals surface area contributed by atoms with E-state index in [4.69, 9.17) is 0 Å². The molecule has 0 radical (unpaired) electrons. The van der Waals surface area contributed by atoms with Crippen molar-refractivity contribution in [1.29, 1.82) is 0 Å². The summed E-state index contributed by atoms with van der Waals surface area (Å²) in [7, 11) is -3.69. The van der Waals surface area contributed by atoms with Gasteiger partial charge in [0.15, 0.2) is 0 Å². The summed E-state index contributed by atoms with van der Waals surface area (Å²) in [5.74, 6) is 0.222. The zero-order valence-electron chi connectivity index (χ0n) is 11.8. The Morgan fingerprint density at radius 3 is 2.59 bits per heavy atom. The van der Waals surface area contributed by atoms with E-state index in [1.165, 1.54) is 17.8 Å². The number of nitrogens with one attached hydrogen (secondary N) is 2. The molecule has 22 heavy (non-hydrogen) atoms. The molecule has 2 aromatic rings. The smallest absolute Gasteiger partial charge is 0.261 e. The highest BCUT2D eigenvalue weighted by atomic mass is 32.2. The first kappa shape index (κ1) is 14.9. The molecule has 0 atom stereocenters. The van der Waals surface area contributed by atoms with Gasteiger partial charge in [-0.25, -0.2) is 8.42 Å². The van der Waals surface area contributed by atoms with E-state index in [1.807, 2.05) is 19.1 Å². The minimum atomic E-state index is -3.69. The molecule has 3 rings (SSSR count). The average molecular weight is 334 g/mol. The van der Waals surface area contributed by atoms with Crippen LogP contribution in [0.5, 0.6) is 0 Å². The lowest BCUT2D eigenvalue weighted by Gasteiger charge is -2.17. The van der Waals surface area contributed by atoms with Crippen LogP contribution in [0.2, 0.25) is 0 Å². The number of amides is 1. The van der Waals surface area contributed by atoms with Crippen LogP contribution in [-0.4, -0.2) is 20.1 Å². The Hall–Kier alpha value is -1.99. The number of hydrogen-bond donors (Lipinski definition) is 2. The lowest BCUT2D eigenvalue weighted by Crippen LogP contribution is -2.20. The van der Waals surface area contributed by atoms with E-state index in [0.29, 0.717) is 17.1 Å². The normalized spacial score (nSPS) is 14.1. The Balaban J connectivity index is 1.90. The van der Waals surface area contributed by atoms with Gasteiger partial charge in [0.1, 0.15) is 0 Å². The highest BCUT2D eigenvalue weighted by Crippen LogP contribution is 2.33. The first-order valence-electron chi connectivity index (χ1n) is 6.60. The molecule has 114 valence electrons. The van der Waals surface area contributed by atoms with Crippen LogP contribution in [0, 0.1) is 6.92 Å². The predicted molar refractivity (Wildman–Crippen MR) is 87.8 cm³/mol. The molecule has 0 saturated heterocycles. The van der Waals surface area contributed by atoms with E-state index in [-0.39, 0.29) is 10.8 Å². The number of carbonyl (C=O) groups excluding carboxylic acids is 1. The van der Waals surface area contributed by atoms with E-state index in [2.05, 4.69) is 10.0 Å². The zero-order chi connectivity index (χ0) is 15.7. The van der Waals surface area contributed by atoms with Crippen molar-refractivity contribution in [3.63, 3.8) is 0 Å². The van der Waals surface area contributed by atoms with Gasteiger partial charge in [-0.05, 0) is 37.3 Å². The van der Waals surface area contributed by atoms with E-state index in [0.717, 1.165) is 10.5 Å². The molecule has 1 aliphatic rings. The van der Waals surface area contributed by atoms with Crippen molar-refractivity contribution in [3.05, 3.63) is 48.0 Å². The summed E-state index contributed by atoms with van der Waals surface area (Å²) >= 11 is 1.39. The van der Waals surface area contributed by atoms with Crippen LogP contribution in [0.15, 0.2) is 52.3 Å². The van der Waals surface area contributed by atoms with Gasteiger partial charge in [0.2, 0.25) is 5.91 Å². The SMILES string of the molecule is Cc1ccc(NS(=O)(=O)c2ccc3c(c2)NC(=O)CS3)cc1. The Morgan fingerprint density at radius 1 is 1.14 bits per heavy atom. The minimum absolute atomic E-state index is 0.120. The molecule has 0 fully saturated rings. The van der Waals surface area contributed by atoms with Gasteiger partial charge >= 0.3 is 0 Å². The van der Waals surface area contributed by atoms with Crippen LogP contribution < -0.4 is 10.0 Å². The predicted octanol–water partition coefficient (Wildman–Crippen LogP) is 2.84. The molecular weight excluding hydrogens is 320 g/mol. The quantitative estimate of drug-likeness (QED) is 0.905. The van der Waals surface area contributed by atoms with Crippen molar-refractivity contribution in [3.8, 4) is 0 Å². The monoisotopic (exact) mass is 334 g/mol. The molecule has 0 bridgehead atoms. The Kier molecular flexibility index (Phi) is 3.84. The first-order valence-corrected chi connectivity index (χ1v) is 9.07. The Morgan fingerprint density at radius 2 is 1.86 bits per heavy atom. The molecular formula is C15H14N2O3S2. The number of aryl methyl sites for hydroxylation is 1. The number of benzene rings is 2. The number of carbonyl (C=O) groups is 1. The molecule has 0 unspecified atom stereocenters. The second-order valence-electron chi connectivity index (χ2n) is 4.97. The van der Waals surface area contributed by atoms with Crippen LogP contribution >= 0.6 is 11.8 Å². The fraction of sp³-hybridized carbons (Fsp3) is 0.133. The number of sulfonamides is 1. The van der Waals surface area contributed by atoms with Gasteiger partial charge in [-0.15, -0.1) is 11.8 Å². The van der Waals surface area contributed by atoms with Crippen molar-refractivity contribution in [2.24, 2.45) is 0 Å². The zero-order valence-corrected chi connectivity index (χ0v) is 13.4. The van der Waals surface area contributed by atoms with Gasteiger partial charge in [-0.2, -0.15) is 0 Å². The van der Waals surface area contributed by atoms with Crippen molar-refractivity contribution in [2.75, 3.05) is 15.8 Å². The topological polar surface area (TPSA) is 75.3 Å². The van der Waals surface area contributed by atoms with E-state index < -0.39 is 10.0 Å². The van der Waals surface area contributed by atoms with Crippen molar-refractivity contribution >= 4 is 39.1 Å². The number of rotatable bonds is 3. The van der Waals surface area contributed by atoms with Crippen LogP contribution in [0.3, 0.4) is 0 Å². The number of fused-ring (bicyclic) bond motifs is 1. The third kappa shape index (κ3) is 3.10. The fourth-order valence-corrected chi connectivity index (χ4v) is 3.94. The summed E-state index contributed by atoms with van der Waals surface area (Å²) in [6.07, 6.45) is 0. The molecule has 5 nitrogen and oxygen atoms in total. The van der Waals surface area contributed by atoms with Gasteiger partial charge in [0, 0.05) is 10.6 Å². The molecule has 7 heteroatoms. The number of hydrogen-bond acceptors (Lipinski definition) is 4. The molecule has 0 aromatic heterocycles. The molecule has 0 spiro atoms. The van der Waals surface area contributed by atoms with Crippen molar-refractivity contribution < 1.29 is 13.2 Å². The number of anilines is 2. The van der Waals surface area contributed by atoms with E-state index in [1.54, 1.807) is 24.3 Å². The van der Waals surface area contributed by atoms with E-state index in [9.17, 15) is 13.2 Å². The van der Waals surface area contributed by atoms with E-state index >= 15 is 0 Å². The maximum atomic E-state index is 12.4. The highest BCUT2D eigenvalue weighted by molar-refractivity contribution is 8.00. The van der Waals surface area contributed by atoms with Crippen LogP contribution in [0.1, 0.15) is 5.56 Å². The molecule has 1 amide bonds. The molecule has 2 aromatic carbocycles. The third-order valence-electron chi connectivity index (χ3n) is 3.20. The standard InChI is InChI=1S/C15H14N2O3S2/c1-10-2-4-11(5-3-10)17-22(19,20)12-6-7-14-13(8-12)16-15(18)9-21-14/h2-8,17H,9H2,1H3,(H,16,18). The van der Waals surface area contributed by atoms with Gasteiger partial charge in [-0.3, -0.25) is 9.52 Å². The first-order chi connectivity index (χ1) is 10.4. The summed E-state index contributed by atoms with van der Waals surface area (Å²) < 4.78 is 27.4. The lowest BCUT2D eigenvalue weighted by molar-refractivity contribution is -0.113. The molecule has 0 saturated carbocycles. The summed E-state index contributed by atoms with van der Waals surface area (Å²) in [5, 5.41) is 2.69. The second-order valence-corrected chi connectivity index (χ2v) is 7.67. The van der Waals surface area contributed by atoms with Crippen molar-refractivity contribution in [2.45, 2.75) is 16.7 Å². The maximum Gasteiger partial charge on any atom is 0.261 e. The van der Waals surface area contributed by atoms with Gasteiger partial charge in [0.05, 0.1) is 16.3 Å². The lowest BCUT2D eigenvalue weighted by atomic mass is 10.2. The Bertz CT molecular complexity index is 830. The molecule has 2 N–H and O–H groups in total. The third-order valence-corrected chi connectivity index (χ3v) is 5.65. The molecule has 1 heterocycles. The average Bonchev–Trinajstić information content (AvgIpc) is 2.48. The summed E-state index contributed by atoms with van der Waals surface area (Å²) in [6, 6.07) is 11.8. The van der Waals surface area contributed by atoms with Crippen LogP contribution in [-0.2, 0) is 14.8 Å². The molecule has 0 aliphatic carbocycles. The summed E-state index contributed by atoms with van der Waals surface area (Å²) in [5.41, 5.74) is 2.09. The Labute approximate surface area is 133 Å². The minimum Gasteiger partial charge on any atom is -0.324 e. The van der Waals surface area contributed by atoms with Gasteiger partial charge in [0.25, 0.3) is 10.0 Å². The molecule has 1 aliphatic heterocycles. The largest absolute Gasteiger partial charge is 0.324 e. The summed E-state index contributed by atoms with van der Waals surface area (Å²) in [6.45, 7) is 1.93. The van der Waals surface area contributed by atoms with Crippen LogP contribution in [0.25, 0.3) is 0 Å². The van der Waals surface area contributed by atoms with Gasteiger partial charge < -0.3 is 5.32 Å². The summed E-state index contributed by atoms with van der Waals surface area (Å²) in [4.78, 5) is 12.4. The van der Waals surface area contributed by atoms with Gasteiger partial charge in [-0.1, -0.05) is 17.7 Å². The maximum absolute atomic E-state index is 12.4. The van der Waals surface area contributed by atoms with Crippen molar-refractivity contribution in [1.82, 2.24) is 0 Å². The fourth-order valence-electron chi connectivity index (χ4n) is 2.07. The second kappa shape index (κ2) is 5.66. The number of thioether (sulfide) groups is 1.